The lowest BCUT2D eigenvalue weighted by molar-refractivity contribution is 0.0600. The van der Waals surface area contributed by atoms with Crippen LogP contribution >= 0.6 is 0 Å². The van der Waals surface area contributed by atoms with Gasteiger partial charge in [-0.15, -0.1) is 0 Å². The molecule has 26 heavy (non-hydrogen) atoms. The van der Waals surface area contributed by atoms with Crippen LogP contribution in [0.3, 0.4) is 0 Å². The summed E-state index contributed by atoms with van der Waals surface area (Å²) >= 11 is 0. The highest BCUT2D eigenvalue weighted by Gasteiger charge is 2.09. The van der Waals surface area contributed by atoms with E-state index in [1.807, 2.05) is 24.3 Å². The van der Waals surface area contributed by atoms with Crippen LogP contribution in [0.15, 0.2) is 66.7 Å². The molecule has 0 aliphatic rings. The number of methoxy groups -OCH3 is 1. The van der Waals surface area contributed by atoms with Crippen LogP contribution in [0.4, 0.5) is 5.69 Å². The molecule has 0 saturated heterocycles. The van der Waals surface area contributed by atoms with Gasteiger partial charge in [0, 0.05) is 23.2 Å². The second kappa shape index (κ2) is 8.22. The van der Waals surface area contributed by atoms with Crippen LogP contribution in [0.2, 0.25) is 0 Å². The van der Waals surface area contributed by atoms with E-state index in [0.717, 1.165) is 6.54 Å². The van der Waals surface area contributed by atoms with Gasteiger partial charge in [-0.3, -0.25) is 0 Å². The summed E-state index contributed by atoms with van der Waals surface area (Å²) in [6.45, 7) is 3.55. The third kappa shape index (κ3) is 3.70. The number of fused-ring (bicyclic) bond motifs is 1. The van der Waals surface area contributed by atoms with Gasteiger partial charge in [-0.1, -0.05) is 60.4 Å². The molecule has 0 aromatic heterocycles. The second-order valence-electron chi connectivity index (χ2n) is 5.85. The van der Waals surface area contributed by atoms with E-state index in [0.29, 0.717) is 17.7 Å². The Hall–Kier alpha value is -3.25. The van der Waals surface area contributed by atoms with Crippen molar-refractivity contribution in [3.63, 3.8) is 0 Å². The SMILES string of the molecule is CCN(CC#Cc1ccccc1C(=O)OC)c1cccc2ccccc12. The van der Waals surface area contributed by atoms with Crippen molar-refractivity contribution < 1.29 is 9.53 Å². The lowest BCUT2D eigenvalue weighted by Crippen LogP contribution is -2.23. The van der Waals surface area contributed by atoms with Crippen molar-refractivity contribution in [2.24, 2.45) is 0 Å². The van der Waals surface area contributed by atoms with Crippen LogP contribution in [-0.2, 0) is 4.74 Å². The van der Waals surface area contributed by atoms with Crippen molar-refractivity contribution in [3.05, 3.63) is 77.9 Å². The molecule has 0 heterocycles. The number of ether oxygens (including phenoxy) is 1. The van der Waals surface area contributed by atoms with Gasteiger partial charge in [0.05, 0.1) is 19.2 Å². The number of benzene rings is 3. The first-order valence-electron chi connectivity index (χ1n) is 8.63. The molecule has 130 valence electrons. The zero-order valence-electron chi connectivity index (χ0n) is 15.0. The number of hydrogen-bond donors (Lipinski definition) is 0. The molecule has 0 fully saturated rings. The van der Waals surface area contributed by atoms with Gasteiger partial charge in [0.15, 0.2) is 0 Å². The van der Waals surface area contributed by atoms with E-state index in [1.165, 1.54) is 23.6 Å². The number of carbonyl (C=O) groups is 1. The van der Waals surface area contributed by atoms with Gasteiger partial charge in [-0.2, -0.15) is 0 Å². The molecule has 0 aliphatic carbocycles. The average Bonchev–Trinajstić information content (AvgIpc) is 2.70. The van der Waals surface area contributed by atoms with Crippen molar-refractivity contribution in [1.29, 1.82) is 0 Å². The van der Waals surface area contributed by atoms with Gasteiger partial charge in [0.1, 0.15) is 0 Å². The highest BCUT2D eigenvalue weighted by atomic mass is 16.5. The van der Waals surface area contributed by atoms with Crippen molar-refractivity contribution in [3.8, 4) is 11.8 Å². The van der Waals surface area contributed by atoms with Gasteiger partial charge < -0.3 is 9.64 Å². The molecule has 0 amide bonds. The summed E-state index contributed by atoms with van der Waals surface area (Å²) in [6.07, 6.45) is 0. The van der Waals surface area contributed by atoms with E-state index in [9.17, 15) is 4.79 Å². The third-order valence-corrected chi connectivity index (χ3v) is 4.31. The van der Waals surface area contributed by atoms with Crippen LogP contribution in [0.5, 0.6) is 0 Å². The number of nitrogens with zero attached hydrogens (tertiary/aromatic N) is 1. The fourth-order valence-electron chi connectivity index (χ4n) is 2.96. The topological polar surface area (TPSA) is 29.5 Å². The van der Waals surface area contributed by atoms with Crippen molar-refractivity contribution >= 4 is 22.4 Å². The van der Waals surface area contributed by atoms with Gasteiger partial charge in [-0.25, -0.2) is 4.79 Å². The fraction of sp³-hybridized carbons (Fsp3) is 0.174. The Morgan fingerprint density at radius 1 is 1.00 bits per heavy atom. The van der Waals surface area contributed by atoms with Crippen LogP contribution in [0.1, 0.15) is 22.8 Å². The molecule has 0 atom stereocenters. The Balaban J connectivity index is 1.87. The zero-order chi connectivity index (χ0) is 18.4. The van der Waals surface area contributed by atoms with E-state index in [-0.39, 0.29) is 5.97 Å². The summed E-state index contributed by atoms with van der Waals surface area (Å²) in [5.41, 5.74) is 2.35. The normalized spacial score (nSPS) is 10.1. The maximum absolute atomic E-state index is 11.9. The average molecular weight is 343 g/mol. The Kier molecular flexibility index (Phi) is 5.56. The van der Waals surface area contributed by atoms with Crippen molar-refractivity contribution in [1.82, 2.24) is 0 Å². The molecule has 0 spiro atoms. The van der Waals surface area contributed by atoms with Crippen molar-refractivity contribution in [2.45, 2.75) is 6.92 Å². The van der Waals surface area contributed by atoms with Gasteiger partial charge in [0.2, 0.25) is 0 Å². The van der Waals surface area contributed by atoms with E-state index in [1.54, 1.807) is 6.07 Å². The molecule has 0 N–H and O–H groups in total. The molecule has 0 saturated carbocycles. The molecule has 3 aromatic carbocycles. The second-order valence-corrected chi connectivity index (χ2v) is 5.85. The minimum atomic E-state index is -0.365. The summed E-state index contributed by atoms with van der Waals surface area (Å²) in [6, 6.07) is 21.9. The molecule has 0 aliphatic heterocycles. The van der Waals surface area contributed by atoms with Gasteiger partial charge >= 0.3 is 5.97 Å². The van der Waals surface area contributed by atoms with E-state index < -0.39 is 0 Å². The molecule has 3 nitrogen and oxygen atoms in total. The molecule has 0 radical (unpaired) electrons. The van der Waals surface area contributed by atoms with Crippen LogP contribution in [0.25, 0.3) is 10.8 Å². The number of carbonyl (C=O) groups excluding carboxylic acids is 1. The predicted molar refractivity (Wildman–Crippen MR) is 106 cm³/mol. The summed E-state index contributed by atoms with van der Waals surface area (Å²) in [7, 11) is 1.38. The lowest BCUT2D eigenvalue weighted by atomic mass is 10.1. The lowest BCUT2D eigenvalue weighted by Gasteiger charge is -2.22. The molecule has 3 aromatic rings. The Labute approximate surface area is 154 Å². The number of anilines is 1. The highest BCUT2D eigenvalue weighted by molar-refractivity contribution is 5.94. The van der Waals surface area contributed by atoms with E-state index in [4.69, 9.17) is 4.74 Å². The zero-order valence-corrected chi connectivity index (χ0v) is 15.0. The summed E-state index contributed by atoms with van der Waals surface area (Å²) in [5.74, 6) is 5.96. The molecule has 3 rings (SSSR count). The largest absolute Gasteiger partial charge is 0.465 e. The predicted octanol–water partition coefficient (Wildman–Crippen LogP) is 4.50. The summed E-state index contributed by atoms with van der Waals surface area (Å²) < 4.78 is 4.83. The molecule has 0 bridgehead atoms. The van der Waals surface area contributed by atoms with Gasteiger partial charge in [-0.05, 0) is 30.5 Å². The van der Waals surface area contributed by atoms with E-state index >= 15 is 0 Å². The monoisotopic (exact) mass is 343 g/mol. The Morgan fingerprint density at radius 3 is 2.54 bits per heavy atom. The first-order chi connectivity index (χ1) is 12.7. The first-order valence-corrected chi connectivity index (χ1v) is 8.63. The maximum Gasteiger partial charge on any atom is 0.339 e. The number of esters is 1. The molecule has 3 heteroatoms. The maximum atomic E-state index is 11.9. The third-order valence-electron chi connectivity index (χ3n) is 4.31. The standard InChI is InChI=1S/C23H21NO2/c1-3-24(22-16-8-12-18-10-4-6-14-20(18)22)17-9-13-19-11-5-7-15-21(19)23(25)26-2/h4-8,10-12,14-16H,3,17H2,1-2H3. The highest BCUT2D eigenvalue weighted by Crippen LogP contribution is 2.26. The Morgan fingerprint density at radius 2 is 1.73 bits per heavy atom. The van der Waals surface area contributed by atoms with Crippen LogP contribution in [-0.4, -0.2) is 26.2 Å². The Bertz CT molecular complexity index is 977. The quantitative estimate of drug-likeness (QED) is 0.516. The summed E-state index contributed by atoms with van der Waals surface area (Å²) in [5, 5.41) is 2.43. The molecular weight excluding hydrogens is 322 g/mol. The first kappa shape index (κ1) is 17.6. The number of hydrogen-bond acceptors (Lipinski definition) is 3. The summed E-state index contributed by atoms with van der Waals surface area (Å²) in [4.78, 5) is 14.1. The number of rotatable bonds is 4. The van der Waals surface area contributed by atoms with Crippen LogP contribution in [0, 0.1) is 11.8 Å². The fourth-order valence-corrected chi connectivity index (χ4v) is 2.96. The molecule has 0 unspecified atom stereocenters. The van der Waals surface area contributed by atoms with Crippen LogP contribution < -0.4 is 4.90 Å². The smallest absolute Gasteiger partial charge is 0.339 e. The van der Waals surface area contributed by atoms with E-state index in [2.05, 4.69) is 60.1 Å². The molecular formula is C23H21NO2. The van der Waals surface area contributed by atoms with Crippen molar-refractivity contribution in [2.75, 3.05) is 25.1 Å². The minimum absolute atomic E-state index is 0.365. The minimum Gasteiger partial charge on any atom is -0.465 e. The van der Waals surface area contributed by atoms with Gasteiger partial charge in [0.25, 0.3) is 0 Å².